The molecular formula is C27H24F4N8O2. The highest BCUT2D eigenvalue weighted by Crippen LogP contribution is 2.58. The number of nitrogens with zero attached hydrogens (tertiary/aromatic N) is 4. The van der Waals surface area contributed by atoms with E-state index < -0.39 is 29.3 Å². The van der Waals surface area contributed by atoms with Crippen LogP contribution in [0.1, 0.15) is 47.8 Å². The highest BCUT2D eigenvalue weighted by atomic mass is 19.4. The van der Waals surface area contributed by atoms with Crippen molar-refractivity contribution in [1.82, 2.24) is 19.6 Å². The lowest BCUT2D eigenvalue weighted by Gasteiger charge is -2.16. The van der Waals surface area contributed by atoms with Crippen LogP contribution in [0.3, 0.4) is 0 Å². The highest BCUT2D eigenvalue weighted by Gasteiger charge is 2.66. The van der Waals surface area contributed by atoms with Crippen LogP contribution >= 0.6 is 0 Å². The summed E-state index contributed by atoms with van der Waals surface area (Å²) in [6.45, 7) is 0. The molecule has 2 fully saturated rings. The minimum atomic E-state index is -4.50. The predicted molar refractivity (Wildman–Crippen MR) is 142 cm³/mol. The molecule has 0 spiro atoms. The number of aromatic nitrogens is 4. The number of hydrogen-bond donors (Lipinski definition) is 4. The van der Waals surface area contributed by atoms with Crippen molar-refractivity contribution in [2.45, 2.75) is 43.3 Å². The summed E-state index contributed by atoms with van der Waals surface area (Å²) in [6.07, 6.45) is -3.02. The second kappa shape index (κ2) is 9.35. The average molecular weight is 569 g/mol. The molecule has 0 unspecified atom stereocenters. The summed E-state index contributed by atoms with van der Waals surface area (Å²) in [6, 6.07) is 12.5. The molecule has 2 saturated carbocycles. The van der Waals surface area contributed by atoms with Crippen LogP contribution in [-0.4, -0.2) is 37.7 Å². The molecule has 10 nitrogen and oxygen atoms in total. The van der Waals surface area contributed by atoms with Gasteiger partial charge in [0.25, 0.3) is 5.91 Å². The van der Waals surface area contributed by atoms with Crippen molar-refractivity contribution in [2.24, 2.45) is 5.73 Å². The van der Waals surface area contributed by atoms with Gasteiger partial charge < -0.3 is 16.8 Å². The van der Waals surface area contributed by atoms with Crippen LogP contribution in [0.5, 0.6) is 0 Å². The van der Waals surface area contributed by atoms with Gasteiger partial charge in [0, 0.05) is 11.6 Å². The normalized spacial score (nSPS) is 15.9. The van der Waals surface area contributed by atoms with Gasteiger partial charge in [0.15, 0.2) is 0 Å². The van der Waals surface area contributed by atoms with Crippen LogP contribution < -0.4 is 22.1 Å². The van der Waals surface area contributed by atoms with E-state index in [1.54, 1.807) is 30.3 Å². The number of carbonyl (C=O) groups is 2. The van der Waals surface area contributed by atoms with Crippen molar-refractivity contribution in [3.63, 3.8) is 0 Å². The number of nitrogens with two attached hydrogens (primary N) is 2. The fraction of sp³-hybridized carbons (Fsp3) is 0.259. The summed E-state index contributed by atoms with van der Waals surface area (Å²) in [5.74, 6) is -1.58. The lowest BCUT2D eigenvalue weighted by Crippen LogP contribution is -2.29. The number of hydrogen-bond acceptors (Lipinski definition) is 5. The smallest absolute Gasteiger partial charge is 0.383 e. The zero-order valence-electron chi connectivity index (χ0n) is 21.4. The zero-order valence-corrected chi connectivity index (χ0v) is 21.4. The molecule has 0 radical (unpaired) electrons. The van der Waals surface area contributed by atoms with Gasteiger partial charge in [-0.25, -0.2) is 18.5 Å². The minimum absolute atomic E-state index is 0.0213. The van der Waals surface area contributed by atoms with Crippen molar-refractivity contribution < 1.29 is 27.2 Å². The largest absolute Gasteiger partial charge is 0.400 e. The molecule has 6 rings (SSSR count). The second-order valence-corrected chi connectivity index (χ2v) is 10.2. The van der Waals surface area contributed by atoms with E-state index in [0.29, 0.717) is 5.69 Å². The lowest BCUT2D eigenvalue weighted by molar-refractivity contribution is -0.161. The number of urea groups is 1. The summed E-state index contributed by atoms with van der Waals surface area (Å²) in [5, 5.41) is 13.4. The minimum Gasteiger partial charge on any atom is -0.383 e. The Morgan fingerprint density at radius 3 is 2.29 bits per heavy atom. The molecule has 2 aliphatic carbocycles. The molecule has 3 amide bonds. The maximum absolute atomic E-state index is 15.1. The van der Waals surface area contributed by atoms with E-state index in [0.717, 1.165) is 18.9 Å². The Morgan fingerprint density at radius 2 is 1.71 bits per heavy atom. The number of amides is 3. The molecule has 2 aliphatic rings. The molecule has 2 aromatic heterocycles. The molecule has 6 N–H and O–H groups in total. The number of anilines is 3. The summed E-state index contributed by atoms with van der Waals surface area (Å²) in [4.78, 5) is 24.9. The molecule has 14 heteroatoms. The third-order valence-electron chi connectivity index (χ3n) is 7.31. The molecule has 212 valence electrons. The first-order valence-electron chi connectivity index (χ1n) is 12.8. The third kappa shape index (κ3) is 4.64. The maximum Gasteiger partial charge on any atom is 0.400 e. The van der Waals surface area contributed by atoms with Crippen molar-refractivity contribution in [2.75, 3.05) is 16.4 Å². The standard InChI is InChI=1S/C27H24F4N8O2/c28-17-12-14(22-21(24(33)40)23(32)39(37-22)16-7-8-16)6-9-18(17)34-25(41)35-20-13-19(26(10-11-26)27(29,30)31)36-38(20)15-4-2-1-3-5-15/h1-6,9,12-13,16H,7-8,10-11,32H2,(H2,33,40)(H2,34,35,41). The third-order valence-corrected chi connectivity index (χ3v) is 7.31. The number of halogens is 4. The van der Waals surface area contributed by atoms with Gasteiger partial charge in [-0.15, -0.1) is 0 Å². The van der Waals surface area contributed by atoms with Gasteiger partial charge in [-0.2, -0.15) is 23.4 Å². The number of carbonyl (C=O) groups excluding carboxylic acids is 2. The van der Waals surface area contributed by atoms with E-state index in [4.69, 9.17) is 11.5 Å². The molecule has 0 saturated heterocycles. The van der Waals surface area contributed by atoms with Crippen LogP contribution in [0, 0.1) is 5.82 Å². The van der Waals surface area contributed by atoms with E-state index in [1.165, 1.54) is 27.6 Å². The number of para-hydroxylation sites is 1. The SMILES string of the molecule is NC(=O)c1c(-c2ccc(NC(=O)Nc3cc(C4(C(F)(F)F)CC4)nn3-c3ccccc3)c(F)c2)nn(C2CC2)c1N. The molecule has 41 heavy (non-hydrogen) atoms. The van der Waals surface area contributed by atoms with Crippen LogP contribution in [0.2, 0.25) is 0 Å². The summed E-state index contributed by atoms with van der Waals surface area (Å²) in [5.41, 5.74) is 9.82. The Morgan fingerprint density at radius 1 is 1.00 bits per heavy atom. The average Bonchev–Trinajstić information content (AvgIpc) is 3.85. The first kappa shape index (κ1) is 26.3. The number of benzene rings is 2. The van der Waals surface area contributed by atoms with E-state index in [9.17, 15) is 22.8 Å². The van der Waals surface area contributed by atoms with E-state index in [-0.39, 0.29) is 58.7 Å². The monoisotopic (exact) mass is 568 g/mol. The zero-order chi connectivity index (χ0) is 29.1. The number of alkyl halides is 3. The Hall–Kier alpha value is -4.88. The lowest BCUT2D eigenvalue weighted by atomic mass is 10.0. The Balaban J connectivity index is 1.26. The Kier molecular flexibility index (Phi) is 6.01. The fourth-order valence-corrected chi connectivity index (χ4v) is 4.80. The number of primary amides is 1. The van der Waals surface area contributed by atoms with Crippen molar-refractivity contribution in [3.05, 3.63) is 71.7 Å². The van der Waals surface area contributed by atoms with E-state index in [1.807, 2.05) is 0 Å². The van der Waals surface area contributed by atoms with Crippen LogP contribution in [-0.2, 0) is 5.41 Å². The summed E-state index contributed by atoms with van der Waals surface area (Å²) < 4.78 is 59.2. The van der Waals surface area contributed by atoms with Crippen LogP contribution in [0.4, 0.5) is 39.7 Å². The van der Waals surface area contributed by atoms with Crippen LogP contribution in [0.25, 0.3) is 16.9 Å². The van der Waals surface area contributed by atoms with Gasteiger partial charge in [0.1, 0.15) is 34.1 Å². The molecule has 4 aromatic rings. The molecule has 2 aromatic carbocycles. The van der Waals surface area contributed by atoms with Crippen molar-refractivity contribution >= 4 is 29.3 Å². The summed E-state index contributed by atoms with van der Waals surface area (Å²) in [7, 11) is 0. The molecule has 0 aliphatic heterocycles. The van der Waals surface area contributed by atoms with Gasteiger partial charge in [-0.05, 0) is 49.9 Å². The molecular weight excluding hydrogens is 544 g/mol. The first-order chi connectivity index (χ1) is 19.5. The number of nitrogen functional groups attached to an aromatic ring is 1. The van der Waals surface area contributed by atoms with Crippen molar-refractivity contribution in [1.29, 1.82) is 0 Å². The van der Waals surface area contributed by atoms with Gasteiger partial charge in [0.05, 0.1) is 23.1 Å². The van der Waals surface area contributed by atoms with Gasteiger partial charge in [0.2, 0.25) is 0 Å². The fourth-order valence-electron chi connectivity index (χ4n) is 4.80. The Bertz CT molecular complexity index is 1670. The van der Waals surface area contributed by atoms with Gasteiger partial charge in [-0.1, -0.05) is 24.3 Å². The van der Waals surface area contributed by atoms with Crippen LogP contribution in [0.15, 0.2) is 54.6 Å². The summed E-state index contributed by atoms with van der Waals surface area (Å²) >= 11 is 0. The number of nitrogens with one attached hydrogen (secondary N) is 2. The quantitative estimate of drug-likeness (QED) is 0.228. The predicted octanol–water partition coefficient (Wildman–Crippen LogP) is 5.13. The molecule has 0 atom stereocenters. The maximum atomic E-state index is 15.1. The highest BCUT2D eigenvalue weighted by molar-refractivity contribution is 6.04. The Labute approximate surface area is 230 Å². The van der Waals surface area contributed by atoms with Gasteiger partial charge in [-0.3, -0.25) is 10.1 Å². The topological polar surface area (TPSA) is 146 Å². The van der Waals surface area contributed by atoms with E-state index in [2.05, 4.69) is 20.8 Å². The van der Waals surface area contributed by atoms with Gasteiger partial charge >= 0.3 is 12.2 Å². The first-order valence-corrected chi connectivity index (χ1v) is 12.8. The molecule has 2 heterocycles. The van der Waals surface area contributed by atoms with E-state index >= 15 is 4.39 Å². The number of rotatable bonds is 7. The van der Waals surface area contributed by atoms with Crippen molar-refractivity contribution in [3.8, 4) is 16.9 Å². The second-order valence-electron chi connectivity index (χ2n) is 10.2. The molecule has 0 bridgehead atoms.